The van der Waals surface area contributed by atoms with E-state index >= 15 is 0 Å². The molecule has 0 fully saturated rings. The molecule has 3 N–H and O–H groups in total. The van der Waals surface area contributed by atoms with Gasteiger partial charge in [0.25, 0.3) is 0 Å². The minimum absolute atomic E-state index is 0.0940. The van der Waals surface area contributed by atoms with Gasteiger partial charge >= 0.3 is 5.97 Å². The van der Waals surface area contributed by atoms with Crippen molar-refractivity contribution < 1.29 is 19.7 Å². The summed E-state index contributed by atoms with van der Waals surface area (Å²) in [5.41, 5.74) is -1.08. The molecule has 0 spiro atoms. The second-order valence-corrected chi connectivity index (χ2v) is 5.75. The number of carboxylic acid groups (broad SMARTS) is 1. The summed E-state index contributed by atoms with van der Waals surface area (Å²) < 4.78 is 5.67. The smallest absolute Gasteiger partial charge is 0.323 e. The lowest BCUT2D eigenvalue weighted by Crippen LogP contribution is -2.50. The number of hydrogen-bond donors (Lipinski definition) is 3. The van der Waals surface area contributed by atoms with Crippen LogP contribution in [0.2, 0.25) is 0 Å². The summed E-state index contributed by atoms with van der Waals surface area (Å²) in [6.07, 6.45) is -0.794. The quantitative estimate of drug-likeness (QED) is 0.729. The van der Waals surface area contributed by atoms with Gasteiger partial charge in [0.05, 0.1) is 0 Å². The van der Waals surface area contributed by atoms with Crippen LogP contribution in [0, 0.1) is 0 Å². The number of ether oxygens (including phenoxy) is 1. The minimum Gasteiger partial charge on any atom is -0.490 e. The fourth-order valence-corrected chi connectivity index (χ4v) is 2.02. The van der Waals surface area contributed by atoms with Crippen LogP contribution in [-0.4, -0.2) is 41.0 Å². The third-order valence-corrected chi connectivity index (χ3v) is 3.50. The van der Waals surface area contributed by atoms with Crippen LogP contribution in [0.5, 0.6) is 5.75 Å². The van der Waals surface area contributed by atoms with Crippen molar-refractivity contribution in [2.45, 2.75) is 25.5 Å². The Bertz CT molecular complexity index is 649. The first-order chi connectivity index (χ1) is 10.4. The molecule has 2 aromatic rings. The molecule has 0 aromatic heterocycles. The number of carbonyl (C=O) groups is 1. The van der Waals surface area contributed by atoms with Gasteiger partial charge in [-0.25, -0.2) is 0 Å². The van der Waals surface area contributed by atoms with E-state index in [1.165, 1.54) is 0 Å². The van der Waals surface area contributed by atoms with Crippen LogP contribution < -0.4 is 10.1 Å². The van der Waals surface area contributed by atoms with Gasteiger partial charge < -0.3 is 14.9 Å². The van der Waals surface area contributed by atoms with Crippen LogP contribution in [0.3, 0.4) is 0 Å². The predicted molar refractivity (Wildman–Crippen MR) is 85.2 cm³/mol. The van der Waals surface area contributed by atoms with Crippen molar-refractivity contribution in [2.75, 3.05) is 13.2 Å². The maximum Gasteiger partial charge on any atom is 0.323 e. The number of aliphatic hydroxyl groups excluding tert-OH is 1. The summed E-state index contributed by atoms with van der Waals surface area (Å²) in [7, 11) is 0. The van der Waals surface area contributed by atoms with Crippen LogP contribution in [0.4, 0.5) is 0 Å². The van der Waals surface area contributed by atoms with Gasteiger partial charge in [-0.3, -0.25) is 10.1 Å². The number of hydrogen-bond acceptors (Lipinski definition) is 4. The van der Waals surface area contributed by atoms with Gasteiger partial charge in [-0.05, 0) is 25.3 Å². The van der Waals surface area contributed by atoms with Crippen molar-refractivity contribution in [3.63, 3.8) is 0 Å². The van der Waals surface area contributed by atoms with Crippen molar-refractivity contribution in [3.05, 3.63) is 42.5 Å². The second-order valence-electron chi connectivity index (χ2n) is 5.75. The number of fused-ring (bicyclic) bond motifs is 1. The maximum absolute atomic E-state index is 11.0. The molecule has 0 saturated carbocycles. The molecular weight excluding hydrogens is 282 g/mol. The molecule has 2 rings (SSSR count). The average molecular weight is 303 g/mol. The molecule has 5 nitrogen and oxygen atoms in total. The number of benzene rings is 2. The van der Waals surface area contributed by atoms with Crippen molar-refractivity contribution in [1.82, 2.24) is 5.32 Å². The van der Waals surface area contributed by atoms with Gasteiger partial charge in [0.2, 0.25) is 0 Å². The van der Waals surface area contributed by atoms with Gasteiger partial charge in [-0.1, -0.05) is 36.4 Å². The molecule has 0 saturated heterocycles. The first-order valence-corrected chi connectivity index (χ1v) is 7.17. The van der Waals surface area contributed by atoms with Crippen LogP contribution in [-0.2, 0) is 4.79 Å². The highest BCUT2D eigenvalue weighted by molar-refractivity contribution is 5.88. The number of β-amino-alcohol motifs (C(OH)–C–C–N with tert-alkyl or cyclic N) is 1. The van der Waals surface area contributed by atoms with Crippen LogP contribution in [0.1, 0.15) is 13.8 Å². The number of rotatable bonds is 7. The van der Waals surface area contributed by atoms with E-state index in [2.05, 4.69) is 5.32 Å². The number of nitrogens with one attached hydrogen (secondary N) is 1. The molecule has 0 aliphatic heterocycles. The Balaban J connectivity index is 1.93. The van der Waals surface area contributed by atoms with Crippen molar-refractivity contribution in [2.24, 2.45) is 0 Å². The van der Waals surface area contributed by atoms with Gasteiger partial charge in [0, 0.05) is 11.9 Å². The fourth-order valence-electron chi connectivity index (χ4n) is 2.02. The maximum atomic E-state index is 11.0. The highest BCUT2D eigenvalue weighted by Crippen LogP contribution is 2.25. The van der Waals surface area contributed by atoms with Crippen LogP contribution >= 0.6 is 0 Å². The summed E-state index contributed by atoms with van der Waals surface area (Å²) in [5.74, 6) is -0.260. The van der Waals surface area contributed by atoms with E-state index in [-0.39, 0.29) is 13.2 Å². The van der Waals surface area contributed by atoms with Crippen molar-refractivity contribution >= 4 is 16.7 Å². The zero-order valence-corrected chi connectivity index (χ0v) is 12.7. The van der Waals surface area contributed by atoms with E-state index < -0.39 is 17.6 Å². The molecule has 0 radical (unpaired) electrons. The highest BCUT2D eigenvalue weighted by atomic mass is 16.5. The first kappa shape index (κ1) is 16.3. The van der Waals surface area contributed by atoms with Gasteiger partial charge in [0.1, 0.15) is 24.0 Å². The van der Waals surface area contributed by atoms with Gasteiger partial charge in [-0.2, -0.15) is 0 Å². The van der Waals surface area contributed by atoms with Gasteiger partial charge in [0.15, 0.2) is 0 Å². The third kappa shape index (κ3) is 3.96. The molecule has 2 aromatic carbocycles. The Hall–Kier alpha value is -2.11. The lowest BCUT2D eigenvalue weighted by Gasteiger charge is -2.23. The molecule has 0 heterocycles. The molecule has 0 amide bonds. The SMILES string of the molecule is CC(C)(NCC(O)COc1cccc2ccccc12)C(=O)O. The molecule has 0 bridgehead atoms. The topological polar surface area (TPSA) is 78.8 Å². The van der Waals surface area contributed by atoms with E-state index in [4.69, 9.17) is 9.84 Å². The van der Waals surface area contributed by atoms with Crippen molar-refractivity contribution in [1.29, 1.82) is 0 Å². The normalized spacial score (nSPS) is 13.0. The molecule has 1 unspecified atom stereocenters. The van der Waals surface area contributed by atoms with E-state index in [0.717, 1.165) is 10.8 Å². The first-order valence-electron chi connectivity index (χ1n) is 7.17. The van der Waals surface area contributed by atoms with E-state index in [1.54, 1.807) is 13.8 Å². The Morgan fingerprint density at radius 2 is 1.91 bits per heavy atom. The molecule has 22 heavy (non-hydrogen) atoms. The fraction of sp³-hybridized carbons (Fsp3) is 0.353. The standard InChI is InChI=1S/C17H21NO4/c1-17(2,16(20)21)18-10-13(19)11-22-15-9-5-7-12-6-3-4-8-14(12)15/h3-9,13,18-19H,10-11H2,1-2H3,(H,20,21). The number of aliphatic carboxylic acids is 1. The Morgan fingerprint density at radius 3 is 2.64 bits per heavy atom. The second kappa shape index (κ2) is 6.77. The van der Waals surface area contributed by atoms with E-state index in [1.807, 2.05) is 42.5 Å². The summed E-state index contributed by atoms with van der Waals surface area (Å²) in [4.78, 5) is 11.0. The summed E-state index contributed by atoms with van der Waals surface area (Å²) in [5, 5.41) is 23.8. The zero-order valence-electron chi connectivity index (χ0n) is 12.7. The summed E-state index contributed by atoms with van der Waals surface area (Å²) >= 11 is 0. The summed E-state index contributed by atoms with van der Waals surface area (Å²) in [6, 6.07) is 13.6. The van der Waals surface area contributed by atoms with Crippen LogP contribution in [0.15, 0.2) is 42.5 Å². The highest BCUT2D eigenvalue weighted by Gasteiger charge is 2.26. The molecule has 5 heteroatoms. The average Bonchev–Trinajstić information content (AvgIpc) is 2.50. The largest absolute Gasteiger partial charge is 0.490 e. The minimum atomic E-state index is -1.08. The number of carboxylic acids is 1. The van der Waals surface area contributed by atoms with Crippen molar-refractivity contribution in [3.8, 4) is 5.75 Å². The third-order valence-electron chi connectivity index (χ3n) is 3.50. The zero-order chi connectivity index (χ0) is 16.2. The molecule has 118 valence electrons. The summed E-state index contributed by atoms with van der Waals surface area (Å²) in [6.45, 7) is 3.34. The predicted octanol–water partition coefficient (Wildman–Crippen LogP) is 2.03. The monoisotopic (exact) mass is 303 g/mol. The Labute approximate surface area is 129 Å². The molecule has 0 aliphatic rings. The number of aliphatic hydroxyl groups is 1. The molecular formula is C17H21NO4. The molecule has 0 aliphatic carbocycles. The lowest BCUT2D eigenvalue weighted by molar-refractivity contribution is -0.143. The van der Waals surface area contributed by atoms with Gasteiger partial charge in [-0.15, -0.1) is 0 Å². The lowest BCUT2D eigenvalue weighted by atomic mass is 10.1. The van der Waals surface area contributed by atoms with Crippen LogP contribution in [0.25, 0.3) is 10.8 Å². The Kier molecular flexibility index (Phi) is 5.00. The Morgan fingerprint density at radius 1 is 1.23 bits per heavy atom. The van der Waals surface area contributed by atoms with E-state index in [9.17, 15) is 9.90 Å². The van der Waals surface area contributed by atoms with E-state index in [0.29, 0.717) is 5.75 Å². The molecule has 1 atom stereocenters.